The Labute approximate surface area is 115 Å². The lowest BCUT2D eigenvalue weighted by atomic mass is 9.84. The molecule has 1 saturated heterocycles. The molecule has 0 aromatic carbocycles. The molecule has 2 heterocycles. The Bertz CT molecular complexity index is 444. The fraction of sp³-hybridized carbons (Fsp3) is 0.643. The zero-order chi connectivity index (χ0) is 14.3. The summed E-state index contributed by atoms with van der Waals surface area (Å²) in [7, 11) is -0.444. The van der Waals surface area contributed by atoms with Crippen molar-refractivity contribution in [3.63, 3.8) is 0 Å². The lowest BCUT2D eigenvalue weighted by Crippen LogP contribution is -2.41. The number of nitrogens with zero attached hydrogens (tertiary/aromatic N) is 1. The normalized spacial score (nSPS) is 20.9. The molecule has 1 fully saturated rings. The van der Waals surface area contributed by atoms with E-state index < -0.39 is 7.12 Å². The lowest BCUT2D eigenvalue weighted by Gasteiger charge is -2.32. The van der Waals surface area contributed by atoms with Crippen LogP contribution in [0.3, 0.4) is 0 Å². The SMILES string of the molecule is CC(C)Oc1ccnc(B2OC(C)(C)C(C)(C)O2)c1. The van der Waals surface area contributed by atoms with E-state index in [2.05, 4.69) is 4.98 Å². The lowest BCUT2D eigenvalue weighted by molar-refractivity contribution is 0.00578. The van der Waals surface area contributed by atoms with Gasteiger partial charge >= 0.3 is 7.12 Å². The van der Waals surface area contributed by atoms with Crippen LogP contribution in [0.1, 0.15) is 41.5 Å². The van der Waals surface area contributed by atoms with E-state index in [4.69, 9.17) is 14.0 Å². The van der Waals surface area contributed by atoms with Crippen LogP contribution >= 0.6 is 0 Å². The van der Waals surface area contributed by atoms with Gasteiger partial charge in [0.15, 0.2) is 0 Å². The molecule has 1 aliphatic heterocycles. The first-order valence-corrected chi connectivity index (χ1v) is 6.69. The topological polar surface area (TPSA) is 40.6 Å². The van der Waals surface area contributed by atoms with Crippen molar-refractivity contribution in [3.8, 4) is 5.75 Å². The Morgan fingerprint density at radius 1 is 1.16 bits per heavy atom. The first-order chi connectivity index (χ1) is 8.71. The van der Waals surface area contributed by atoms with Gasteiger partial charge in [0, 0.05) is 6.20 Å². The van der Waals surface area contributed by atoms with E-state index in [-0.39, 0.29) is 17.3 Å². The minimum absolute atomic E-state index is 0.133. The maximum Gasteiger partial charge on any atom is 0.514 e. The van der Waals surface area contributed by atoms with Gasteiger partial charge in [-0.1, -0.05) is 0 Å². The third-order valence-corrected chi connectivity index (χ3v) is 3.62. The predicted octanol–water partition coefficient (Wildman–Crippen LogP) is 2.17. The summed E-state index contributed by atoms with van der Waals surface area (Å²) in [5, 5.41) is 0. The molecule has 1 aliphatic rings. The monoisotopic (exact) mass is 263 g/mol. The van der Waals surface area contributed by atoms with Crippen LogP contribution in [-0.4, -0.2) is 29.4 Å². The minimum atomic E-state index is -0.444. The number of hydrogen-bond acceptors (Lipinski definition) is 4. The van der Waals surface area contributed by atoms with Gasteiger partial charge in [-0.15, -0.1) is 0 Å². The molecule has 1 aromatic rings. The Kier molecular flexibility index (Phi) is 3.62. The molecule has 1 aromatic heterocycles. The Hall–Kier alpha value is -1.07. The Morgan fingerprint density at radius 3 is 2.26 bits per heavy atom. The summed E-state index contributed by atoms with van der Waals surface area (Å²) >= 11 is 0. The van der Waals surface area contributed by atoms with E-state index in [0.717, 1.165) is 11.3 Å². The zero-order valence-corrected chi connectivity index (χ0v) is 12.6. The van der Waals surface area contributed by atoms with E-state index in [0.29, 0.717) is 0 Å². The van der Waals surface area contributed by atoms with E-state index in [9.17, 15) is 0 Å². The molecule has 0 aliphatic carbocycles. The molecule has 5 heteroatoms. The second-order valence-corrected chi connectivity index (χ2v) is 6.17. The smallest absolute Gasteiger partial charge is 0.491 e. The molecular weight excluding hydrogens is 241 g/mol. The molecule has 2 rings (SSSR count). The Morgan fingerprint density at radius 2 is 1.74 bits per heavy atom. The highest BCUT2D eigenvalue weighted by molar-refractivity contribution is 6.61. The summed E-state index contributed by atoms with van der Waals surface area (Å²) in [6.45, 7) is 12.1. The van der Waals surface area contributed by atoms with Gasteiger partial charge in [-0.05, 0) is 53.7 Å². The molecule has 19 heavy (non-hydrogen) atoms. The third kappa shape index (κ3) is 2.93. The van der Waals surface area contributed by atoms with Gasteiger partial charge in [-0.25, -0.2) is 0 Å². The number of ether oxygens (including phenoxy) is 1. The second kappa shape index (κ2) is 4.80. The second-order valence-electron chi connectivity index (χ2n) is 6.17. The standard InChI is InChI=1S/C14H22BNO3/c1-10(2)17-11-7-8-16-12(9-11)15-18-13(3,4)14(5,6)19-15/h7-10H,1-6H3. The van der Waals surface area contributed by atoms with Gasteiger partial charge in [-0.3, -0.25) is 4.98 Å². The van der Waals surface area contributed by atoms with Gasteiger partial charge in [0.25, 0.3) is 0 Å². The molecule has 0 spiro atoms. The zero-order valence-electron chi connectivity index (χ0n) is 12.6. The molecule has 0 bridgehead atoms. The van der Waals surface area contributed by atoms with Gasteiger partial charge < -0.3 is 14.0 Å². The van der Waals surface area contributed by atoms with E-state index in [1.165, 1.54) is 0 Å². The maximum atomic E-state index is 5.97. The van der Waals surface area contributed by atoms with Gasteiger partial charge in [0.1, 0.15) is 5.75 Å². The summed E-state index contributed by atoms with van der Waals surface area (Å²) in [4.78, 5) is 4.33. The average Bonchev–Trinajstić information content (AvgIpc) is 2.47. The highest BCUT2D eigenvalue weighted by Gasteiger charge is 2.52. The van der Waals surface area contributed by atoms with Gasteiger partial charge in [0.05, 0.1) is 22.9 Å². The minimum Gasteiger partial charge on any atom is -0.491 e. The molecular formula is C14H22BNO3. The van der Waals surface area contributed by atoms with Crippen LogP contribution < -0.4 is 10.3 Å². The summed E-state index contributed by atoms with van der Waals surface area (Å²) in [5.74, 6) is 0.787. The summed E-state index contributed by atoms with van der Waals surface area (Å²) in [5.41, 5.74) is 0.0412. The molecule has 0 amide bonds. The first-order valence-electron chi connectivity index (χ1n) is 6.69. The number of rotatable bonds is 3. The van der Waals surface area contributed by atoms with E-state index in [1.54, 1.807) is 6.20 Å². The van der Waals surface area contributed by atoms with Crippen LogP contribution in [0.15, 0.2) is 18.3 Å². The van der Waals surface area contributed by atoms with Crippen molar-refractivity contribution in [2.45, 2.75) is 58.8 Å². The molecule has 104 valence electrons. The molecule has 0 N–H and O–H groups in total. The summed E-state index contributed by atoms with van der Waals surface area (Å²) in [6, 6.07) is 3.72. The van der Waals surface area contributed by atoms with Crippen LogP contribution in [0.2, 0.25) is 0 Å². The average molecular weight is 263 g/mol. The van der Waals surface area contributed by atoms with Gasteiger partial charge in [-0.2, -0.15) is 0 Å². The summed E-state index contributed by atoms with van der Waals surface area (Å²) in [6.07, 6.45) is 1.85. The maximum absolute atomic E-state index is 5.97. The summed E-state index contributed by atoms with van der Waals surface area (Å²) < 4.78 is 17.6. The van der Waals surface area contributed by atoms with Crippen molar-refractivity contribution < 1.29 is 14.0 Å². The number of hydrogen-bond donors (Lipinski definition) is 0. The molecule has 0 unspecified atom stereocenters. The third-order valence-electron chi connectivity index (χ3n) is 3.62. The fourth-order valence-electron chi connectivity index (χ4n) is 1.87. The van der Waals surface area contributed by atoms with Crippen molar-refractivity contribution >= 4 is 12.7 Å². The predicted molar refractivity (Wildman–Crippen MR) is 75.7 cm³/mol. The Balaban J connectivity index is 2.20. The highest BCUT2D eigenvalue weighted by Crippen LogP contribution is 2.36. The molecule has 0 atom stereocenters. The van der Waals surface area contributed by atoms with Crippen molar-refractivity contribution in [3.05, 3.63) is 18.3 Å². The number of aromatic nitrogens is 1. The molecule has 0 saturated carbocycles. The van der Waals surface area contributed by atoms with Crippen LogP contribution in [0.25, 0.3) is 0 Å². The molecule has 4 nitrogen and oxygen atoms in total. The van der Waals surface area contributed by atoms with E-state index in [1.807, 2.05) is 53.7 Å². The van der Waals surface area contributed by atoms with Crippen molar-refractivity contribution in [1.29, 1.82) is 0 Å². The van der Waals surface area contributed by atoms with Crippen LogP contribution in [0.4, 0.5) is 0 Å². The van der Waals surface area contributed by atoms with Crippen LogP contribution in [0.5, 0.6) is 5.75 Å². The first kappa shape index (κ1) is 14.3. The van der Waals surface area contributed by atoms with Crippen molar-refractivity contribution in [2.24, 2.45) is 0 Å². The van der Waals surface area contributed by atoms with Gasteiger partial charge in [0.2, 0.25) is 0 Å². The largest absolute Gasteiger partial charge is 0.514 e. The molecule has 0 radical (unpaired) electrons. The quantitative estimate of drug-likeness (QED) is 0.783. The van der Waals surface area contributed by atoms with Crippen LogP contribution in [0, 0.1) is 0 Å². The van der Waals surface area contributed by atoms with Crippen molar-refractivity contribution in [2.75, 3.05) is 0 Å². The fourth-order valence-corrected chi connectivity index (χ4v) is 1.87. The van der Waals surface area contributed by atoms with Crippen LogP contribution in [-0.2, 0) is 9.31 Å². The number of pyridine rings is 1. The van der Waals surface area contributed by atoms with E-state index >= 15 is 0 Å². The highest BCUT2D eigenvalue weighted by atomic mass is 16.7. The van der Waals surface area contributed by atoms with Crippen molar-refractivity contribution in [1.82, 2.24) is 4.98 Å².